The van der Waals surface area contributed by atoms with Gasteiger partial charge in [0.1, 0.15) is 10.4 Å². The van der Waals surface area contributed by atoms with Gasteiger partial charge in [0.25, 0.3) is 0 Å². The van der Waals surface area contributed by atoms with Crippen LogP contribution in [0.5, 0.6) is 0 Å². The highest BCUT2D eigenvalue weighted by atomic mass is 35.5. The van der Waals surface area contributed by atoms with Crippen molar-refractivity contribution >= 4 is 27.2 Å². The van der Waals surface area contributed by atoms with Gasteiger partial charge in [0.15, 0.2) is 9.84 Å². The molecule has 20 heavy (non-hydrogen) atoms. The molecule has 6 nitrogen and oxygen atoms in total. The summed E-state index contributed by atoms with van der Waals surface area (Å²) in [7, 11) is 0.240. The highest BCUT2D eigenvalue weighted by Gasteiger charge is 2.41. The third-order valence-electron chi connectivity index (χ3n) is 3.24. The molecule has 0 amide bonds. The van der Waals surface area contributed by atoms with E-state index in [1.165, 1.54) is 24.7 Å². The van der Waals surface area contributed by atoms with Crippen molar-refractivity contribution in [2.24, 2.45) is 0 Å². The Morgan fingerprint density at radius 2 is 2.00 bits per heavy atom. The van der Waals surface area contributed by atoms with E-state index in [9.17, 15) is 13.2 Å². The Morgan fingerprint density at radius 1 is 1.45 bits per heavy atom. The molecule has 0 spiro atoms. The van der Waals surface area contributed by atoms with Gasteiger partial charge < -0.3 is 4.90 Å². The minimum atomic E-state index is -3.55. The molecule has 0 saturated carbocycles. The molecule has 1 aromatic rings. The molecule has 0 unspecified atom stereocenters. The molecule has 1 heterocycles. The predicted octanol–water partition coefficient (Wildman–Crippen LogP) is 1.10. The van der Waals surface area contributed by atoms with Crippen molar-refractivity contribution in [2.45, 2.75) is 25.1 Å². The maximum absolute atomic E-state index is 12.5. The number of halogens is 1. The van der Waals surface area contributed by atoms with Crippen LogP contribution in [0.1, 0.15) is 24.3 Å². The predicted molar refractivity (Wildman–Crippen MR) is 79.0 cm³/mol. The Hall–Kier alpha value is -0.920. The standard InChI is InChI=1S/C12H20ClN3O3S/c1-12(2,20(5,18)19)11(17)10-9(13)8-14-16(10)7-6-15(3)4/h8H,6-7H2,1-5H3. The number of sulfone groups is 1. The molecule has 0 aromatic carbocycles. The fraction of sp³-hybridized carbons (Fsp3) is 0.667. The molecule has 0 fully saturated rings. The number of hydrogen-bond acceptors (Lipinski definition) is 5. The largest absolute Gasteiger partial charge is 0.308 e. The van der Waals surface area contributed by atoms with Crippen LogP contribution in [-0.4, -0.2) is 60.5 Å². The van der Waals surface area contributed by atoms with Crippen molar-refractivity contribution in [3.63, 3.8) is 0 Å². The second kappa shape index (κ2) is 5.83. The number of Topliss-reactive ketones (excluding diaryl/α,β-unsaturated/α-hetero) is 1. The third kappa shape index (κ3) is 3.39. The van der Waals surface area contributed by atoms with E-state index in [1.54, 1.807) is 0 Å². The fourth-order valence-corrected chi connectivity index (χ4v) is 2.17. The molecule has 0 aliphatic carbocycles. The van der Waals surface area contributed by atoms with E-state index < -0.39 is 20.4 Å². The van der Waals surface area contributed by atoms with Crippen LogP contribution >= 0.6 is 11.6 Å². The molecule has 0 aliphatic heterocycles. The van der Waals surface area contributed by atoms with Gasteiger partial charge in [-0.25, -0.2) is 8.42 Å². The lowest BCUT2D eigenvalue weighted by Gasteiger charge is -2.21. The van der Waals surface area contributed by atoms with Crippen LogP contribution in [0.4, 0.5) is 0 Å². The van der Waals surface area contributed by atoms with Gasteiger partial charge in [0.05, 0.1) is 17.8 Å². The molecule has 0 aliphatic rings. The average Bonchev–Trinajstić information content (AvgIpc) is 2.65. The molecule has 1 aromatic heterocycles. The summed E-state index contributed by atoms with van der Waals surface area (Å²) in [6, 6.07) is 0. The van der Waals surface area contributed by atoms with Gasteiger partial charge in [-0.15, -0.1) is 0 Å². The molecule has 1 rings (SSSR count). The first-order chi connectivity index (χ1) is 8.98. The summed E-state index contributed by atoms with van der Waals surface area (Å²) in [5.74, 6) is -0.541. The Labute approximate surface area is 124 Å². The zero-order valence-electron chi connectivity index (χ0n) is 12.3. The van der Waals surface area contributed by atoms with Gasteiger partial charge in [-0.3, -0.25) is 9.48 Å². The molecular formula is C12H20ClN3O3S. The lowest BCUT2D eigenvalue weighted by atomic mass is 10.1. The zero-order valence-corrected chi connectivity index (χ0v) is 13.9. The van der Waals surface area contributed by atoms with Crippen molar-refractivity contribution in [2.75, 3.05) is 26.9 Å². The molecule has 8 heteroatoms. The number of nitrogens with zero attached hydrogens (tertiary/aromatic N) is 3. The van der Waals surface area contributed by atoms with Gasteiger partial charge >= 0.3 is 0 Å². The van der Waals surface area contributed by atoms with E-state index >= 15 is 0 Å². The Kier molecular flexibility index (Phi) is 4.99. The van der Waals surface area contributed by atoms with Gasteiger partial charge in [0.2, 0.25) is 5.78 Å². The van der Waals surface area contributed by atoms with Crippen LogP contribution in [0.25, 0.3) is 0 Å². The summed E-state index contributed by atoms with van der Waals surface area (Å²) in [6.45, 7) is 3.88. The van der Waals surface area contributed by atoms with Crippen molar-refractivity contribution < 1.29 is 13.2 Å². The SMILES string of the molecule is CN(C)CCn1ncc(Cl)c1C(=O)C(C)(C)S(C)(=O)=O. The monoisotopic (exact) mass is 321 g/mol. The summed E-state index contributed by atoms with van der Waals surface area (Å²) >= 11 is 6.00. The first-order valence-electron chi connectivity index (χ1n) is 6.09. The quantitative estimate of drug-likeness (QED) is 0.734. The summed E-state index contributed by atoms with van der Waals surface area (Å²) in [4.78, 5) is 14.5. The normalized spacial score (nSPS) is 12.9. The first kappa shape index (κ1) is 17.1. The van der Waals surface area contributed by atoms with Crippen LogP contribution in [0.3, 0.4) is 0 Å². The highest BCUT2D eigenvalue weighted by molar-refractivity contribution is 7.92. The Bertz CT molecular complexity index is 605. The maximum atomic E-state index is 12.5. The number of aromatic nitrogens is 2. The molecule has 0 atom stereocenters. The van der Waals surface area contributed by atoms with Crippen LogP contribution in [-0.2, 0) is 16.4 Å². The number of rotatable bonds is 6. The minimum Gasteiger partial charge on any atom is -0.308 e. The third-order valence-corrected chi connectivity index (χ3v) is 5.56. The molecule has 114 valence electrons. The summed E-state index contributed by atoms with van der Waals surface area (Å²) in [5, 5.41) is 4.22. The van der Waals surface area contributed by atoms with Gasteiger partial charge in [-0.1, -0.05) is 11.6 Å². The number of hydrogen-bond donors (Lipinski definition) is 0. The van der Waals surface area contributed by atoms with Gasteiger partial charge in [-0.05, 0) is 27.9 Å². The van der Waals surface area contributed by atoms with Crippen LogP contribution in [0.15, 0.2) is 6.20 Å². The summed E-state index contributed by atoms with van der Waals surface area (Å²) in [6.07, 6.45) is 2.40. The molecule has 0 saturated heterocycles. The molecule has 0 N–H and O–H groups in total. The summed E-state index contributed by atoms with van der Waals surface area (Å²) in [5.41, 5.74) is 0.143. The van der Waals surface area contributed by atoms with Crippen LogP contribution in [0.2, 0.25) is 5.02 Å². The smallest absolute Gasteiger partial charge is 0.202 e. The summed E-state index contributed by atoms with van der Waals surface area (Å²) < 4.78 is 23.5. The van der Waals surface area contributed by atoms with Gasteiger partial charge in [-0.2, -0.15) is 5.10 Å². The highest BCUT2D eigenvalue weighted by Crippen LogP contribution is 2.26. The zero-order chi connectivity index (χ0) is 15.7. The van der Waals surface area contributed by atoms with Crippen LogP contribution in [0, 0.1) is 0 Å². The molecular weight excluding hydrogens is 302 g/mol. The van der Waals surface area contributed by atoms with Gasteiger partial charge in [0, 0.05) is 12.8 Å². The second-order valence-electron chi connectivity index (χ2n) is 5.48. The van der Waals surface area contributed by atoms with E-state index in [4.69, 9.17) is 11.6 Å². The van der Waals surface area contributed by atoms with E-state index in [0.717, 1.165) is 6.26 Å². The van der Waals surface area contributed by atoms with E-state index in [-0.39, 0.29) is 10.7 Å². The fourth-order valence-electron chi connectivity index (χ4n) is 1.51. The van der Waals surface area contributed by atoms with E-state index in [1.807, 2.05) is 19.0 Å². The minimum absolute atomic E-state index is 0.143. The number of likely N-dealkylation sites (N-methyl/N-ethyl adjacent to an activating group) is 1. The van der Waals surface area contributed by atoms with Crippen LogP contribution < -0.4 is 0 Å². The van der Waals surface area contributed by atoms with Crippen molar-refractivity contribution in [1.29, 1.82) is 0 Å². The van der Waals surface area contributed by atoms with E-state index in [0.29, 0.717) is 13.1 Å². The number of ketones is 1. The molecule has 0 bridgehead atoms. The van der Waals surface area contributed by atoms with Crippen molar-refractivity contribution in [3.8, 4) is 0 Å². The van der Waals surface area contributed by atoms with E-state index in [2.05, 4.69) is 5.10 Å². The maximum Gasteiger partial charge on any atom is 0.202 e. The lowest BCUT2D eigenvalue weighted by molar-refractivity contribution is 0.0942. The first-order valence-corrected chi connectivity index (χ1v) is 8.36. The van der Waals surface area contributed by atoms with Crippen molar-refractivity contribution in [3.05, 3.63) is 16.9 Å². The lowest BCUT2D eigenvalue weighted by Crippen LogP contribution is -2.41. The Balaban J connectivity index is 3.20. The number of carbonyl (C=O) groups is 1. The second-order valence-corrected chi connectivity index (χ2v) is 8.45. The molecule has 0 radical (unpaired) electrons. The average molecular weight is 322 g/mol. The Morgan fingerprint density at radius 3 is 2.45 bits per heavy atom. The number of carbonyl (C=O) groups excluding carboxylic acids is 1. The van der Waals surface area contributed by atoms with Crippen molar-refractivity contribution in [1.82, 2.24) is 14.7 Å². The topological polar surface area (TPSA) is 72.3 Å².